The van der Waals surface area contributed by atoms with Crippen molar-refractivity contribution in [2.45, 2.75) is 20.8 Å². The quantitative estimate of drug-likeness (QED) is 0.607. The fraction of sp³-hybridized carbons (Fsp3) is 0.211. The summed E-state index contributed by atoms with van der Waals surface area (Å²) in [5.41, 5.74) is 6.58. The molecule has 4 rings (SSSR count). The molecule has 0 aliphatic rings. The number of aromatic nitrogens is 4. The Hall–Kier alpha value is -3.15. The Balaban J connectivity index is 2.06. The van der Waals surface area contributed by atoms with Crippen molar-refractivity contribution in [3.05, 3.63) is 47.7 Å². The lowest BCUT2D eigenvalue weighted by molar-refractivity contribution is 0.393. The zero-order valence-electron chi connectivity index (χ0n) is 14.5. The molecule has 0 unspecified atom stereocenters. The lowest BCUT2D eigenvalue weighted by Crippen LogP contribution is -1.93. The molecule has 4 aromatic rings. The Labute approximate surface area is 144 Å². The molecule has 0 fully saturated rings. The van der Waals surface area contributed by atoms with E-state index in [1.54, 1.807) is 13.3 Å². The van der Waals surface area contributed by atoms with Crippen LogP contribution in [-0.2, 0) is 0 Å². The Kier molecular flexibility index (Phi) is 3.53. The first-order chi connectivity index (χ1) is 12.1. The highest BCUT2D eigenvalue weighted by atomic mass is 16.5. The summed E-state index contributed by atoms with van der Waals surface area (Å²) in [6, 6.07) is 8.05. The van der Waals surface area contributed by atoms with Crippen molar-refractivity contribution in [1.82, 2.24) is 20.1 Å². The van der Waals surface area contributed by atoms with Gasteiger partial charge in [0.1, 0.15) is 11.6 Å². The fourth-order valence-corrected chi connectivity index (χ4v) is 3.24. The van der Waals surface area contributed by atoms with Gasteiger partial charge in [0.15, 0.2) is 0 Å². The van der Waals surface area contributed by atoms with Crippen LogP contribution in [0, 0.1) is 20.8 Å². The molecule has 126 valence electrons. The van der Waals surface area contributed by atoms with Gasteiger partial charge in [-0.15, -0.1) is 0 Å². The number of hydrogen-bond donors (Lipinski definition) is 1. The molecule has 3 aromatic heterocycles. The molecule has 6 nitrogen and oxygen atoms in total. The van der Waals surface area contributed by atoms with Gasteiger partial charge in [-0.3, -0.25) is 0 Å². The molecule has 1 N–H and O–H groups in total. The molecule has 25 heavy (non-hydrogen) atoms. The molecule has 0 atom stereocenters. The van der Waals surface area contributed by atoms with Crippen LogP contribution in [0.2, 0.25) is 0 Å². The molecular weight excluding hydrogens is 316 g/mol. The van der Waals surface area contributed by atoms with Gasteiger partial charge in [-0.2, -0.15) is 0 Å². The second kappa shape index (κ2) is 5.73. The van der Waals surface area contributed by atoms with Crippen molar-refractivity contribution in [3.8, 4) is 28.1 Å². The van der Waals surface area contributed by atoms with Crippen LogP contribution in [0.5, 0.6) is 5.88 Å². The van der Waals surface area contributed by atoms with E-state index in [4.69, 9.17) is 9.26 Å². The number of benzene rings is 1. The number of rotatable bonds is 3. The van der Waals surface area contributed by atoms with Gasteiger partial charge in [0, 0.05) is 22.9 Å². The van der Waals surface area contributed by atoms with E-state index in [0.717, 1.165) is 50.6 Å². The third kappa shape index (κ3) is 2.46. The molecule has 0 saturated carbocycles. The van der Waals surface area contributed by atoms with Gasteiger partial charge in [-0.25, -0.2) is 9.97 Å². The van der Waals surface area contributed by atoms with Gasteiger partial charge < -0.3 is 14.2 Å². The Morgan fingerprint density at radius 2 is 1.96 bits per heavy atom. The number of ether oxygens (including phenoxy) is 1. The highest BCUT2D eigenvalue weighted by Crippen LogP contribution is 2.38. The van der Waals surface area contributed by atoms with E-state index in [1.165, 1.54) is 0 Å². The third-order valence-electron chi connectivity index (χ3n) is 4.28. The molecule has 3 heterocycles. The number of nitrogens with one attached hydrogen (secondary N) is 1. The Bertz CT molecular complexity index is 1060. The minimum Gasteiger partial charge on any atom is -0.481 e. The summed E-state index contributed by atoms with van der Waals surface area (Å²) in [4.78, 5) is 12.3. The van der Waals surface area contributed by atoms with Gasteiger partial charge in [-0.05, 0) is 50.6 Å². The highest BCUT2D eigenvalue weighted by molar-refractivity contribution is 5.97. The summed E-state index contributed by atoms with van der Waals surface area (Å²) < 4.78 is 10.8. The number of aromatic amines is 1. The SMILES string of the molecule is COc1ncccc1-c1cc(-c2c(C)noc2C)cc2[nH]c(C)nc12. The number of hydrogen-bond acceptors (Lipinski definition) is 5. The van der Waals surface area contributed by atoms with Crippen LogP contribution in [0.4, 0.5) is 0 Å². The van der Waals surface area contributed by atoms with E-state index < -0.39 is 0 Å². The van der Waals surface area contributed by atoms with E-state index in [9.17, 15) is 0 Å². The lowest BCUT2D eigenvalue weighted by Gasteiger charge is -2.10. The second-order valence-corrected chi connectivity index (χ2v) is 6.00. The highest BCUT2D eigenvalue weighted by Gasteiger charge is 2.18. The Morgan fingerprint density at radius 1 is 1.12 bits per heavy atom. The van der Waals surface area contributed by atoms with Crippen LogP contribution in [0.25, 0.3) is 33.3 Å². The van der Waals surface area contributed by atoms with E-state index in [2.05, 4.69) is 32.2 Å². The maximum Gasteiger partial charge on any atom is 0.221 e. The summed E-state index contributed by atoms with van der Waals surface area (Å²) in [5.74, 6) is 2.22. The second-order valence-electron chi connectivity index (χ2n) is 6.00. The van der Waals surface area contributed by atoms with Crippen molar-refractivity contribution in [1.29, 1.82) is 0 Å². The fourth-order valence-electron chi connectivity index (χ4n) is 3.24. The van der Waals surface area contributed by atoms with Gasteiger partial charge in [0.05, 0.1) is 23.8 Å². The van der Waals surface area contributed by atoms with Crippen molar-refractivity contribution in [3.63, 3.8) is 0 Å². The first-order valence-corrected chi connectivity index (χ1v) is 8.01. The average Bonchev–Trinajstić information content (AvgIpc) is 3.15. The van der Waals surface area contributed by atoms with Crippen LogP contribution in [-0.4, -0.2) is 27.2 Å². The van der Waals surface area contributed by atoms with Crippen LogP contribution in [0.3, 0.4) is 0 Å². The third-order valence-corrected chi connectivity index (χ3v) is 4.28. The first-order valence-electron chi connectivity index (χ1n) is 8.01. The summed E-state index contributed by atoms with van der Waals surface area (Å²) in [6.45, 7) is 5.81. The molecule has 0 bridgehead atoms. The van der Waals surface area contributed by atoms with Crippen molar-refractivity contribution in [2.24, 2.45) is 0 Å². The van der Waals surface area contributed by atoms with Crippen LogP contribution in [0.15, 0.2) is 35.0 Å². The molecular formula is C19H18N4O2. The summed E-state index contributed by atoms with van der Waals surface area (Å²) in [6.07, 6.45) is 1.72. The maximum absolute atomic E-state index is 5.45. The van der Waals surface area contributed by atoms with E-state index in [-0.39, 0.29) is 0 Å². The number of pyridine rings is 1. The van der Waals surface area contributed by atoms with Crippen molar-refractivity contribution in [2.75, 3.05) is 7.11 Å². The van der Waals surface area contributed by atoms with Gasteiger partial charge in [-0.1, -0.05) is 5.16 Å². The number of H-pyrrole nitrogens is 1. The summed E-state index contributed by atoms with van der Waals surface area (Å²) in [7, 11) is 1.62. The van der Waals surface area contributed by atoms with Gasteiger partial charge in [0.25, 0.3) is 0 Å². The van der Waals surface area contributed by atoms with Crippen LogP contribution in [0.1, 0.15) is 17.3 Å². The summed E-state index contributed by atoms with van der Waals surface area (Å²) >= 11 is 0. The molecule has 0 aliphatic heterocycles. The zero-order valence-corrected chi connectivity index (χ0v) is 14.5. The summed E-state index contributed by atoms with van der Waals surface area (Å²) in [5, 5.41) is 4.08. The predicted molar refractivity (Wildman–Crippen MR) is 95.6 cm³/mol. The van der Waals surface area contributed by atoms with E-state index in [0.29, 0.717) is 5.88 Å². The molecule has 0 saturated heterocycles. The van der Waals surface area contributed by atoms with E-state index >= 15 is 0 Å². The van der Waals surface area contributed by atoms with Crippen LogP contribution >= 0.6 is 0 Å². The Morgan fingerprint density at radius 3 is 2.68 bits per heavy atom. The number of methoxy groups -OCH3 is 1. The number of fused-ring (bicyclic) bond motifs is 1. The largest absolute Gasteiger partial charge is 0.481 e. The minimum atomic E-state index is 0.570. The first kappa shape index (κ1) is 15.4. The number of nitrogens with zero attached hydrogens (tertiary/aromatic N) is 3. The van der Waals surface area contributed by atoms with Gasteiger partial charge >= 0.3 is 0 Å². The van der Waals surface area contributed by atoms with E-state index in [1.807, 2.05) is 32.9 Å². The minimum absolute atomic E-state index is 0.570. The smallest absolute Gasteiger partial charge is 0.221 e. The number of aryl methyl sites for hydroxylation is 3. The molecule has 0 aliphatic carbocycles. The number of imidazole rings is 1. The average molecular weight is 334 g/mol. The molecule has 0 radical (unpaired) electrons. The predicted octanol–water partition coefficient (Wildman–Crippen LogP) is 4.21. The topological polar surface area (TPSA) is 76.8 Å². The monoisotopic (exact) mass is 334 g/mol. The van der Waals surface area contributed by atoms with Crippen molar-refractivity contribution < 1.29 is 9.26 Å². The normalized spacial score (nSPS) is 11.2. The van der Waals surface area contributed by atoms with Gasteiger partial charge in [0.2, 0.25) is 5.88 Å². The van der Waals surface area contributed by atoms with Crippen molar-refractivity contribution >= 4 is 11.0 Å². The van der Waals surface area contributed by atoms with Crippen LogP contribution < -0.4 is 4.74 Å². The standard InChI is InChI=1S/C19H18N4O2/c1-10-17(11(2)25-23-10)13-8-15(14-6-5-7-20-19(14)24-4)18-16(9-13)21-12(3)22-18/h5-9H,1-4H3,(H,21,22). The molecule has 6 heteroatoms. The lowest BCUT2D eigenvalue weighted by atomic mass is 9.97. The maximum atomic E-state index is 5.45. The molecule has 0 amide bonds. The molecule has 0 spiro atoms. The molecule has 1 aromatic carbocycles. The zero-order chi connectivity index (χ0) is 17.6.